The average molecular weight is 386 g/mol. The first-order valence-corrected chi connectivity index (χ1v) is 10.2. The third-order valence-corrected chi connectivity index (χ3v) is 6.16. The number of amides is 2. The topological polar surface area (TPSA) is 52.7 Å². The van der Waals surface area contributed by atoms with Crippen LogP contribution in [0.25, 0.3) is 0 Å². The van der Waals surface area contributed by atoms with E-state index in [1.54, 1.807) is 18.3 Å². The summed E-state index contributed by atoms with van der Waals surface area (Å²) in [6.45, 7) is 2.80. The van der Waals surface area contributed by atoms with Gasteiger partial charge >= 0.3 is 0 Å². The Kier molecular flexibility index (Phi) is 6.29. The molecule has 2 aromatic rings. The second-order valence-electron chi connectivity index (χ2n) is 7.18. The molecule has 0 saturated carbocycles. The summed E-state index contributed by atoms with van der Waals surface area (Å²) in [4.78, 5) is 30.0. The van der Waals surface area contributed by atoms with E-state index in [9.17, 15) is 9.59 Å². The largest absolute Gasteiger partial charge is 0.354 e. The summed E-state index contributed by atoms with van der Waals surface area (Å²) in [5.41, 5.74) is 2.33. The molecule has 1 aromatic heterocycles. The molecule has 3 rings (SSSR count). The molecule has 5 nitrogen and oxygen atoms in total. The molecule has 0 fully saturated rings. The molecule has 0 spiro atoms. The quantitative estimate of drug-likeness (QED) is 0.832. The number of hydrogen-bond donors (Lipinski definition) is 1. The van der Waals surface area contributed by atoms with Gasteiger partial charge in [-0.2, -0.15) is 0 Å². The lowest BCUT2D eigenvalue weighted by Crippen LogP contribution is -2.42. The van der Waals surface area contributed by atoms with Gasteiger partial charge in [0, 0.05) is 24.9 Å². The van der Waals surface area contributed by atoms with Crippen LogP contribution in [0.3, 0.4) is 0 Å². The first kappa shape index (κ1) is 19.6. The molecule has 6 heteroatoms. The number of benzene rings is 1. The Labute approximate surface area is 165 Å². The van der Waals surface area contributed by atoms with Crippen LogP contribution in [-0.2, 0) is 16.0 Å². The van der Waals surface area contributed by atoms with Crippen LogP contribution < -0.4 is 5.32 Å². The van der Waals surface area contributed by atoms with E-state index in [0.29, 0.717) is 19.5 Å². The molecule has 1 N–H and O–H groups in total. The molecule has 1 aliphatic rings. The second kappa shape index (κ2) is 8.67. The van der Waals surface area contributed by atoms with E-state index in [0.717, 1.165) is 12.0 Å². The minimum Gasteiger partial charge on any atom is -0.354 e. The van der Waals surface area contributed by atoms with Gasteiger partial charge in [0.25, 0.3) is 0 Å². The fraction of sp³-hybridized carbons (Fsp3) is 0.429. The van der Waals surface area contributed by atoms with E-state index in [-0.39, 0.29) is 23.9 Å². The number of fused-ring (bicyclic) bond motifs is 1. The predicted octanol–water partition coefficient (Wildman–Crippen LogP) is 3.00. The molecule has 0 bridgehead atoms. The van der Waals surface area contributed by atoms with Gasteiger partial charge in [-0.25, -0.2) is 0 Å². The number of thiophene rings is 1. The normalized spacial score (nSPS) is 17.5. The fourth-order valence-electron chi connectivity index (χ4n) is 3.73. The summed E-state index contributed by atoms with van der Waals surface area (Å²) in [6, 6.07) is 12.2. The Morgan fingerprint density at radius 2 is 2.04 bits per heavy atom. The molecule has 0 radical (unpaired) electrons. The molecule has 27 heavy (non-hydrogen) atoms. The maximum absolute atomic E-state index is 12.7. The monoisotopic (exact) mass is 385 g/mol. The number of hydrogen-bond acceptors (Lipinski definition) is 4. The highest BCUT2D eigenvalue weighted by atomic mass is 32.1. The van der Waals surface area contributed by atoms with Crippen molar-refractivity contribution in [2.24, 2.45) is 0 Å². The molecule has 2 heterocycles. The van der Waals surface area contributed by atoms with Gasteiger partial charge in [0.2, 0.25) is 11.8 Å². The first-order valence-electron chi connectivity index (χ1n) is 9.29. The van der Waals surface area contributed by atoms with Crippen LogP contribution in [0.1, 0.15) is 41.4 Å². The Balaban J connectivity index is 1.69. The number of carbonyl (C=O) groups excluding carboxylic acids is 2. The van der Waals surface area contributed by atoms with Crippen LogP contribution in [-0.4, -0.2) is 48.8 Å². The zero-order valence-electron chi connectivity index (χ0n) is 16.1. The van der Waals surface area contributed by atoms with Gasteiger partial charge in [0.05, 0.1) is 18.5 Å². The number of likely N-dealkylation sites (N-methyl/N-ethyl adjacent to an activating group) is 1. The van der Waals surface area contributed by atoms with Gasteiger partial charge in [-0.05, 0) is 43.1 Å². The van der Waals surface area contributed by atoms with Crippen LogP contribution in [0, 0.1) is 0 Å². The molecule has 144 valence electrons. The van der Waals surface area contributed by atoms with Crippen molar-refractivity contribution in [2.45, 2.75) is 31.8 Å². The number of carbonyl (C=O) groups is 2. The van der Waals surface area contributed by atoms with Gasteiger partial charge in [-0.1, -0.05) is 30.3 Å². The van der Waals surface area contributed by atoms with Crippen LogP contribution in [0.5, 0.6) is 0 Å². The predicted molar refractivity (Wildman–Crippen MR) is 109 cm³/mol. The number of nitrogens with one attached hydrogen (secondary N) is 1. The van der Waals surface area contributed by atoms with Crippen LogP contribution in [0.4, 0.5) is 0 Å². The standard InChI is InChI=1S/C21H27N3O2S/c1-15(25)24-11-10-16-7-4-5-8-17(16)18(24)13-21(26)22-14-19(23(2)3)20-9-6-12-27-20/h4-9,12,18-19H,10-11,13-14H2,1-3H3,(H,22,26). The lowest BCUT2D eigenvalue weighted by atomic mass is 9.90. The molecule has 2 unspecified atom stereocenters. The smallest absolute Gasteiger partial charge is 0.222 e. The molecule has 0 aliphatic carbocycles. The van der Waals surface area contributed by atoms with E-state index < -0.39 is 0 Å². The van der Waals surface area contributed by atoms with Gasteiger partial charge in [-0.15, -0.1) is 11.3 Å². The van der Waals surface area contributed by atoms with Gasteiger partial charge in [0.15, 0.2) is 0 Å². The highest BCUT2D eigenvalue weighted by Gasteiger charge is 2.30. The van der Waals surface area contributed by atoms with Crippen molar-refractivity contribution in [3.8, 4) is 0 Å². The summed E-state index contributed by atoms with van der Waals surface area (Å²) < 4.78 is 0. The van der Waals surface area contributed by atoms with E-state index in [1.165, 1.54) is 10.4 Å². The van der Waals surface area contributed by atoms with Crippen LogP contribution >= 0.6 is 11.3 Å². The summed E-state index contributed by atoms with van der Waals surface area (Å²) in [5.74, 6) is -0.00147. The number of rotatable bonds is 6. The van der Waals surface area contributed by atoms with Gasteiger partial charge in [-0.3, -0.25) is 9.59 Å². The Morgan fingerprint density at radius 3 is 2.70 bits per heavy atom. The van der Waals surface area contributed by atoms with Crippen molar-refractivity contribution in [2.75, 3.05) is 27.2 Å². The fourth-order valence-corrected chi connectivity index (χ4v) is 4.65. The summed E-state index contributed by atoms with van der Waals surface area (Å²) in [7, 11) is 4.04. The lowest BCUT2D eigenvalue weighted by Gasteiger charge is -2.36. The van der Waals surface area contributed by atoms with Crippen molar-refractivity contribution in [3.63, 3.8) is 0 Å². The maximum atomic E-state index is 12.7. The minimum atomic E-state index is -0.188. The summed E-state index contributed by atoms with van der Waals surface area (Å²) in [5, 5.41) is 5.13. The van der Waals surface area contributed by atoms with E-state index in [2.05, 4.69) is 27.7 Å². The molecular weight excluding hydrogens is 358 g/mol. The Hall–Kier alpha value is -2.18. The maximum Gasteiger partial charge on any atom is 0.222 e. The van der Waals surface area contributed by atoms with Gasteiger partial charge < -0.3 is 15.1 Å². The first-order chi connectivity index (χ1) is 13.0. The molecule has 0 saturated heterocycles. The second-order valence-corrected chi connectivity index (χ2v) is 8.16. The molecule has 1 aliphatic heterocycles. The third-order valence-electron chi connectivity index (χ3n) is 5.18. The highest BCUT2D eigenvalue weighted by molar-refractivity contribution is 7.10. The van der Waals surface area contributed by atoms with Crippen molar-refractivity contribution in [3.05, 3.63) is 57.8 Å². The van der Waals surface area contributed by atoms with Crippen molar-refractivity contribution in [1.29, 1.82) is 0 Å². The molecule has 1 aromatic carbocycles. The summed E-state index contributed by atoms with van der Waals surface area (Å²) >= 11 is 1.70. The SMILES string of the molecule is CC(=O)N1CCc2ccccc2C1CC(=O)NCC(c1cccs1)N(C)C. The minimum absolute atomic E-state index is 0.0204. The lowest BCUT2D eigenvalue weighted by molar-refractivity contribution is -0.133. The van der Waals surface area contributed by atoms with Crippen molar-refractivity contribution >= 4 is 23.2 Å². The zero-order valence-corrected chi connectivity index (χ0v) is 17.0. The third kappa shape index (κ3) is 4.57. The zero-order chi connectivity index (χ0) is 19.4. The van der Waals surface area contributed by atoms with Crippen molar-refractivity contribution < 1.29 is 9.59 Å². The molecular formula is C21H27N3O2S. The van der Waals surface area contributed by atoms with E-state index >= 15 is 0 Å². The van der Waals surface area contributed by atoms with E-state index in [1.807, 2.05) is 43.3 Å². The molecule has 2 amide bonds. The van der Waals surface area contributed by atoms with E-state index in [4.69, 9.17) is 0 Å². The Bertz CT molecular complexity index is 788. The summed E-state index contributed by atoms with van der Waals surface area (Å²) in [6.07, 6.45) is 1.14. The molecule has 2 atom stereocenters. The van der Waals surface area contributed by atoms with Crippen molar-refractivity contribution in [1.82, 2.24) is 15.1 Å². The van der Waals surface area contributed by atoms with Gasteiger partial charge in [0.1, 0.15) is 0 Å². The average Bonchev–Trinajstić information content (AvgIpc) is 3.16. The van der Waals surface area contributed by atoms with Crippen LogP contribution in [0.2, 0.25) is 0 Å². The highest BCUT2D eigenvalue weighted by Crippen LogP contribution is 2.32. The number of nitrogens with zero attached hydrogens (tertiary/aromatic N) is 2. The Morgan fingerprint density at radius 1 is 1.26 bits per heavy atom. The van der Waals surface area contributed by atoms with Crippen LogP contribution in [0.15, 0.2) is 41.8 Å².